The Kier molecular flexibility index (Phi) is 3.99. The SMILES string of the molecule is Oc1ccc(F)cc1CNCc1ccc(Cl)s1. The molecule has 2 aromatic rings. The predicted molar refractivity (Wildman–Crippen MR) is 67.9 cm³/mol. The number of thiophene rings is 1. The van der Waals surface area contributed by atoms with Crippen LogP contribution in [-0.4, -0.2) is 5.11 Å². The first kappa shape index (κ1) is 12.4. The van der Waals surface area contributed by atoms with Crippen LogP contribution in [0, 0.1) is 5.82 Å². The molecule has 2 nitrogen and oxygen atoms in total. The van der Waals surface area contributed by atoms with Gasteiger partial charge in [0.2, 0.25) is 0 Å². The number of rotatable bonds is 4. The van der Waals surface area contributed by atoms with Gasteiger partial charge in [0.05, 0.1) is 4.34 Å². The van der Waals surface area contributed by atoms with Gasteiger partial charge in [-0.05, 0) is 30.3 Å². The van der Waals surface area contributed by atoms with Crippen LogP contribution in [0.1, 0.15) is 10.4 Å². The zero-order valence-corrected chi connectivity index (χ0v) is 10.5. The summed E-state index contributed by atoms with van der Waals surface area (Å²) in [5.41, 5.74) is 0.549. The van der Waals surface area contributed by atoms with Crippen molar-refractivity contribution in [2.45, 2.75) is 13.1 Å². The smallest absolute Gasteiger partial charge is 0.123 e. The molecule has 1 aromatic carbocycles. The highest BCUT2D eigenvalue weighted by Gasteiger charge is 2.03. The minimum absolute atomic E-state index is 0.100. The molecule has 1 aromatic heterocycles. The number of nitrogens with one attached hydrogen (secondary N) is 1. The Balaban J connectivity index is 1.91. The van der Waals surface area contributed by atoms with E-state index >= 15 is 0 Å². The maximum atomic E-state index is 12.9. The Labute approximate surface area is 108 Å². The highest BCUT2D eigenvalue weighted by atomic mass is 35.5. The van der Waals surface area contributed by atoms with E-state index in [0.29, 0.717) is 18.7 Å². The zero-order valence-electron chi connectivity index (χ0n) is 8.91. The lowest BCUT2D eigenvalue weighted by Gasteiger charge is -2.05. The molecule has 0 aliphatic rings. The fraction of sp³-hybridized carbons (Fsp3) is 0.167. The van der Waals surface area contributed by atoms with Crippen molar-refractivity contribution in [3.05, 3.63) is 50.9 Å². The largest absolute Gasteiger partial charge is 0.508 e. The van der Waals surface area contributed by atoms with E-state index < -0.39 is 0 Å². The van der Waals surface area contributed by atoms with Gasteiger partial charge < -0.3 is 10.4 Å². The lowest BCUT2D eigenvalue weighted by Crippen LogP contribution is -2.11. The molecule has 0 atom stereocenters. The maximum Gasteiger partial charge on any atom is 0.123 e. The number of phenolic OH excluding ortho intramolecular Hbond substituents is 1. The van der Waals surface area contributed by atoms with Crippen molar-refractivity contribution in [1.82, 2.24) is 5.32 Å². The summed E-state index contributed by atoms with van der Waals surface area (Å²) < 4.78 is 13.7. The van der Waals surface area contributed by atoms with Crippen molar-refractivity contribution in [3.63, 3.8) is 0 Å². The molecule has 0 saturated heterocycles. The molecule has 2 rings (SSSR count). The van der Waals surface area contributed by atoms with Crippen molar-refractivity contribution in [2.75, 3.05) is 0 Å². The normalized spacial score (nSPS) is 10.7. The molecular formula is C12H11ClFNOS. The average Bonchev–Trinajstić information content (AvgIpc) is 2.69. The van der Waals surface area contributed by atoms with Crippen molar-refractivity contribution >= 4 is 22.9 Å². The van der Waals surface area contributed by atoms with Crippen LogP contribution in [0.25, 0.3) is 0 Å². The third kappa shape index (κ3) is 3.43. The minimum Gasteiger partial charge on any atom is -0.508 e. The molecule has 0 spiro atoms. The predicted octanol–water partition coefficient (Wildman–Crippen LogP) is 3.54. The van der Waals surface area contributed by atoms with Gasteiger partial charge in [-0.1, -0.05) is 11.6 Å². The average molecular weight is 272 g/mol. The molecule has 0 fully saturated rings. The summed E-state index contributed by atoms with van der Waals surface area (Å²) >= 11 is 7.30. The molecule has 0 unspecified atom stereocenters. The van der Waals surface area contributed by atoms with Gasteiger partial charge in [-0.15, -0.1) is 11.3 Å². The lowest BCUT2D eigenvalue weighted by molar-refractivity contribution is 0.461. The van der Waals surface area contributed by atoms with Gasteiger partial charge >= 0.3 is 0 Å². The van der Waals surface area contributed by atoms with E-state index in [4.69, 9.17) is 11.6 Å². The molecule has 1 heterocycles. The molecule has 0 aliphatic heterocycles. The Morgan fingerprint density at radius 2 is 2.06 bits per heavy atom. The van der Waals surface area contributed by atoms with Gasteiger partial charge in [-0.25, -0.2) is 4.39 Å². The quantitative estimate of drug-likeness (QED) is 0.892. The van der Waals surface area contributed by atoms with E-state index in [0.717, 1.165) is 9.21 Å². The van der Waals surface area contributed by atoms with Crippen LogP contribution >= 0.6 is 22.9 Å². The van der Waals surface area contributed by atoms with E-state index in [-0.39, 0.29) is 11.6 Å². The summed E-state index contributed by atoms with van der Waals surface area (Å²) in [6, 6.07) is 7.68. The van der Waals surface area contributed by atoms with E-state index in [1.165, 1.54) is 29.5 Å². The van der Waals surface area contributed by atoms with Crippen molar-refractivity contribution < 1.29 is 9.50 Å². The number of phenols is 1. The summed E-state index contributed by atoms with van der Waals surface area (Å²) in [7, 11) is 0. The summed E-state index contributed by atoms with van der Waals surface area (Å²) in [5.74, 6) is -0.248. The van der Waals surface area contributed by atoms with Gasteiger partial charge in [0.1, 0.15) is 11.6 Å². The third-order valence-corrected chi connectivity index (χ3v) is 3.52. The summed E-state index contributed by atoms with van der Waals surface area (Å²) in [4.78, 5) is 1.10. The van der Waals surface area contributed by atoms with Gasteiger partial charge in [0.25, 0.3) is 0 Å². The number of aromatic hydroxyl groups is 1. The zero-order chi connectivity index (χ0) is 12.3. The molecule has 17 heavy (non-hydrogen) atoms. The van der Waals surface area contributed by atoms with Gasteiger partial charge in [0.15, 0.2) is 0 Å². The van der Waals surface area contributed by atoms with Crippen molar-refractivity contribution in [1.29, 1.82) is 0 Å². The number of benzene rings is 1. The lowest BCUT2D eigenvalue weighted by atomic mass is 10.2. The summed E-state index contributed by atoms with van der Waals surface area (Å²) in [6.07, 6.45) is 0. The second-order valence-corrected chi connectivity index (χ2v) is 5.38. The van der Waals surface area contributed by atoms with Crippen molar-refractivity contribution in [2.24, 2.45) is 0 Å². The Hall–Kier alpha value is -1.10. The van der Waals surface area contributed by atoms with E-state index in [2.05, 4.69) is 5.32 Å². The second kappa shape index (κ2) is 5.49. The molecule has 0 radical (unpaired) electrons. The van der Waals surface area contributed by atoms with Crippen LogP contribution < -0.4 is 5.32 Å². The Bertz CT molecular complexity index is 515. The molecule has 0 bridgehead atoms. The van der Waals surface area contributed by atoms with E-state index in [1.807, 2.05) is 12.1 Å². The van der Waals surface area contributed by atoms with Gasteiger partial charge in [0, 0.05) is 23.5 Å². The highest BCUT2D eigenvalue weighted by molar-refractivity contribution is 7.16. The first-order valence-corrected chi connectivity index (χ1v) is 6.27. The molecule has 0 aliphatic carbocycles. The highest BCUT2D eigenvalue weighted by Crippen LogP contribution is 2.22. The van der Waals surface area contributed by atoms with Crippen LogP contribution in [0.4, 0.5) is 4.39 Å². The summed E-state index contributed by atoms with van der Waals surface area (Å²) in [5, 5.41) is 12.6. The standard InChI is InChI=1S/C12H11ClFNOS/c13-12-4-2-10(17-12)7-15-6-8-5-9(14)1-3-11(8)16/h1-5,15-16H,6-7H2. The summed E-state index contributed by atoms with van der Waals surface area (Å²) in [6.45, 7) is 1.06. The van der Waals surface area contributed by atoms with Gasteiger partial charge in [-0.2, -0.15) is 0 Å². The molecular weight excluding hydrogens is 261 g/mol. The molecule has 2 N–H and O–H groups in total. The maximum absolute atomic E-state index is 12.9. The van der Waals surface area contributed by atoms with Crippen LogP contribution in [-0.2, 0) is 13.1 Å². The van der Waals surface area contributed by atoms with Gasteiger partial charge in [-0.3, -0.25) is 0 Å². The van der Waals surface area contributed by atoms with E-state index in [1.54, 1.807) is 0 Å². The molecule has 0 amide bonds. The topological polar surface area (TPSA) is 32.3 Å². The number of hydrogen-bond donors (Lipinski definition) is 2. The molecule has 90 valence electrons. The molecule has 0 saturated carbocycles. The van der Waals surface area contributed by atoms with Crippen LogP contribution in [0.3, 0.4) is 0 Å². The van der Waals surface area contributed by atoms with Crippen LogP contribution in [0.5, 0.6) is 5.75 Å². The van der Waals surface area contributed by atoms with Crippen LogP contribution in [0.15, 0.2) is 30.3 Å². The van der Waals surface area contributed by atoms with E-state index in [9.17, 15) is 9.50 Å². The molecule has 5 heteroatoms. The Morgan fingerprint density at radius 1 is 1.24 bits per heavy atom. The fourth-order valence-electron chi connectivity index (χ4n) is 1.46. The minimum atomic E-state index is -0.348. The fourth-order valence-corrected chi connectivity index (χ4v) is 2.52. The van der Waals surface area contributed by atoms with Crippen molar-refractivity contribution in [3.8, 4) is 5.75 Å². The number of halogens is 2. The third-order valence-electron chi connectivity index (χ3n) is 2.29. The second-order valence-electron chi connectivity index (χ2n) is 3.58. The number of hydrogen-bond acceptors (Lipinski definition) is 3. The van der Waals surface area contributed by atoms with Crippen LogP contribution in [0.2, 0.25) is 4.34 Å². The first-order chi connectivity index (χ1) is 8.15. The monoisotopic (exact) mass is 271 g/mol. The Morgan fingerprint density at radius 3 is 2.76 bits per heavy atom. The first-order valence-electron chi connectivity index (χ1n) is 5.07.